The molecule has 126 valence electrons. The zero-order chi connectivity index (χ0) is 16.6. The first kappa shape index (κ1) is 16.6. The molecule has 3 rings (SSSR count). The monoisotopic (exact) mass is 355 g/mol. The van der Waals surface area contributed by atoms with Crippen LogP contribution in [0.2, 0.25) is 0 Å². The number of hydrogen-bond donors (Lipinski definition) is 0. The summed E-state index contributed by atoms with van der Waals surface area (Å²) in [6, 6.07) is 4.99. The molecule has 0 bridgehead atoms. The predicted octanol–water partition coefficient (Wildman–Crippen LogP) is 1.41. The summed E-state index contributed by atoms with van der Waals surface area (Å²) >= 11 is 1.10. The standard InChI is InChI=1S/C15H21N3O3S2/c1-3-16-7-9-17(10-8-16)23(20,21)12-5-6-13-14(11-12)22-15(19)18(13)4-2/h5-6,11H,3-4,7-10H2,1-2H3. The zero-order valence-corrected chi connectivity index (χ0v) is 15.0. The first-order valence-electron chi connectivity index (χ1n) is 7.83. The summed E-state index contributed by atoms with van der Waals surface area (Å²) in [6.07, 6.45) is 0. The van der Waals surface area contributed by atoms with Gasteiger partial charge in [0.15, 0.2) is 0 Å². The van der Waals surface area contributed by atoms with Crippen molar-refractivity contribution >= 4 is 31.6 Å². The molecule has 0 unspecified atom stereocenters. The van der Waals surface area contributed by atoms with E-state index in [2.05, 4.69) is 11.8 Å². The fourth-order valence-corrected chi connectivity index (χ4v) is 5.46. The van der Waals surface area contributed by atoms with E-state index in [1.54, 1.807) is 27.1 Å². The van der Waals surface area contributed by atoms with E-state index in [0.717, 1.165) is 41.2 Å². The number of rotatable bonds is 4. The van der Waals surface area contributed by atoms with Gasteiger partial charge in [-0.2, -0.15) is 4.31 Å². The van der Waals surface area contributed by atoms with Gasteiger partial charge in [-0.05, 0) is 31.7 Å². The van der Waals surface area contributed by atoms with Crippen LogP contribution in [0.5, 0.6) is 0 Å². The van der Waals surface area contributed by atoms with Crippen LogP contribution in [0.3, 0.4) is 0 Å². The lowest BCUT2D eigenvalue weighted by molar-refractivity contribution is 0.196. The van der Waals surface area contributed by atoms with E-state index in [1.165, 1.54) is 0 Å². The van der Waals surface area contributed by atoms with Gasteiger partial charge in [0.2, 0.25) is 10.0 Å². The van der Waals surface area contributed by atoms with Crippen molar-refractivity contribution in [2.75, 3.05) is 32.7 Å². The third-order valence-electron chi connectivity index (χ3n) is 4.37. The van der Waals surface area contributed by atoms with Gasteiger partial charge in [-0.3, -0.25) is 9.36 Å². The third-order valence-corrected chi connectivity index (χ3v) is 7.21. The summed E-state index contributed by atoms with van der Waals surface area (Å²) in [5, 5.41) is 0. The van der Waals surface area contributed by atoms with Crippen LogP contribution in [0, 0.1) is 0 Å². The molecule has 0 N–H and O–H groups in total. The van der Waals surface area contributed by atoms with Gasteiger partial charge >= 0.3 is 4.87 Å². The number of aryl methyl sites for hydroxylation is 1. The number of nitrogens with zero attached hydrogens (tertiary/aromatic N) is 3. The maximum atomic E-state index is 12.8. The molecule has 2 heterocycles. The molecule has 1 aromatic heterocycles. The van der Waals surface area contributed by atoms with Crippen LogP contribution in [0.4, 0.5) is 0 Å². The molecule has 1 aromatic carbocycles. The molecule has 1 aliphatic heterocycles. The highest BCUT2D eigenvalue weighted by Gasteiger charge is 2.28. The highest BCUT2D eigenvalue weighted by molar-refractivity contribution is 7.89. The summed E-state index contributed by atoms with van der Waals surface area (Å²) in [5.74, 6) is 0. The normalized spacial score (nSPS) is 17.8. The van der Waals surface area contributed by atoms with E-state index >= 15 is 0 Å². The lowest BCUT2D eigenvalue weighted by atomic mass is 10.3. The number of aromatic nitrogens is 1. The fraction of sp³-hybridized carbons (Fsp3) is 0.533. The first-order valence-corrected chi connectivity index (χ1v) is 10.1. The van der Waals surface area contributed by atoms with Gasteiger partial charge in [0.1, 0.15) is 0 Å². The summed E-state index contributed by atoms with van der Waals surface area (Å²) in [4.78, 5) is 14.4. The van der Waals surface area contributed by atoms with Crippen molar-refractivity contribution in [3.8, 4) is 0 Å². The molecule has 0 amide bonds. The average molecular weight is 355 g/mol. The van der Waals surface area contributed by atoms with Crippen LogP contribution in [-0.2, 0) is 16.6 Å². The Hall–Kier alpha value is -1.22. The van der Waals surface area contributed by atoms with Crippen LogP contribution in [0.25, 0.3) is 10.2 Å². The Bertz CT molecular complexity index is 862. The van der Waals surface area contributed by atoms with Crippen LogP contribution in [-0.4, -0.2) is 54.9 Å². The van der Waals surface area contributed by atoms with Gasteiger partial charge in [0, 0.05) is 32.7 Å². The van der Waals surface area contributed by atoms with Crippen molar-refractivity contribution in [3.63, 3.8) is 0 Å². The minimum Gasteiger partial charge on any atom is -0.301 e. The van der Waals surface area contributed by atoms with Crippen LogP contribution < -0.4 is 4.87 Å². The molecule has 1 fully saturated rings. The molecule has 1 saturated heterocycles. The van der Waals surface area contributed by atoms with Gasteiger partial charge in [-0.25, -0.2) is 8.42 Å². The number of hydrogen-bond acceptors (Lipinski definition) is 5. The van der Waals surface area contributed by atoms with Gasteiger partial charge < -0.3 is 4.90 Å². The quantitative estimate of drug-likeness (QED) is 0.832. The minimum absolute atomic E-state index is 0.0476. The SMILES string of the molecule is CCN1CCN(S(=O)(=O)c2ccc3c(c2)sc(=O)n3CC)CC1. The molecule has 0 radical (unpaired) electrons. The zero-order valence-electron chi connectivity index (χ0n) is 13.4. The van der Waals surface area contributed by atoms with E-state index in [9.17, 15) is 13.2 Å². The number of likely N-dealkylation sites (N-methyl/N-ethyl adjacent to an activating group) is 1. The Kier molecular flexibility index (Phi) is 4.59. The Labute approximate surface area is 140 Å². The number of benzene rings is 1. The number of piperazine rings is 1. The molecule has 1 aliphatic rings. The highest BCUT2D eigenvalue weighted by Crippen LogP contribution is 2.24. The van der Waals surface area contributed by atoms with E-state index < -0.39 is 10.0 Å². The average Bonchev–Trinajstić information content (AvgIpc) is 2.88. The van der Waals surface area contributed by atoms with E-state index in [-0.39, 0.29) is 9.77 Å². The fourth-order valence-electron chi connectivity index (χ4n) is 2.94. The van der Waals surface area contributed by atoms with Gasteiger partial charge in [-0.15, -0.1) is 0 Å². The van der Waals surface area contributed by atoms with Crippen molar-refractivity contribution < 1.29 is 8.42 Å². The van der Waals surface area contributed by atoms with E-state index in [0.29, 0.717) is 19.6 Å². The molecule has 2 aromatic rings. The number of thiazole rings is 1. The van der Waals surface area contributed by atoms with Crippen LogP contribution >= 0.6 is 11.3 Å². The van der Waals surface area contributed by atoms with Crippen molar-refractivity contribution in [1.29, 1.82) is 0 Å². The maximum absolute atomic E-state index is 12.8. The second-order valence-electron chi connectivity index (χ2n) is 5.58. The molecule has 23 heavy (non-hydrogen) atoms. The smallest absolute Gasteiger partial charge is 0.301 e. The van der Waals surface area contributed by atoms with Gasteiger partial charge in [-0.1, -0.05) is 18.3 Å². The molecule has 6 nitrogen and oxygen atoms in total. The molecule has 0 aliphatic carbocycles. The largest absolute Gasteiger partial charge is 0.308 e. The molecule has 0 spiro atoms. The van der Waals surface area contributed by atoms with Gasteiger partial charge in [0.25, 0.3) is 0 Å². The Morgan fingerprint density at radius 2 is 1.78 bits per heavy atom. The predicted molar refractivity (Wildman–Crippen MR) is 92.6 cm³/mol. The van der Waals surface area contributed by atoms with Gasteiger partial charge in [0.05, 0.1) is 15.1 Å². The third kappa shape index (κ3) is 2.96. The van der Waals surface area contributed by atoms with Crippen molar-refractivity contribution in [2.24, 2.45) is 0 Å². The van der Waals surface area contributed by atoms with Crippen molar-refractivity contribution in [2.45, 2.75) is 25.3 Å². The Morgan fingerprint density at radius 3 is 2.39 bits per heavy atom. The molecule has 8 heteroatoms. The summed E-state index contributed by atoms with van der Waals surface area (Å²) < 4.78 is 29.6. The molecule has 0 saturated carbocycles. The maximum Gasteiger partial charge on any atom is 0.308 e. The molecular formula is C15H21N3O3S2. The number of fused-ring (bicyclic) bond motifs is 1. The minimum atomic E-state index is -3.49. The van der Waals surface area contributed by atoms with E-state index in [1.807, 2.05) is 6.92 Å². The summed E-state index contributed by atoms with van der Waals surface area (Å²) in [7, 11) is -3.49. The molecule has 0 atom stereocenters. The molecular weight excluding hydrogens is 334 g/mol. The second-order valence-corrected chi connectivity index (χ2v) is 8.51. The van der Waals surface area contributed by atoms with Crippen LogP contribution in [0.15, 0.2) is 27.9 Å². The Balaban J connectivity index is 1.94. The summed E-state index contributed by atoms with van der Waals surface area (Å²) in [6.45, 7) is 8.07. The highest BCUT2D eigenvalue weighted by atomic mass is 32.2. The lowest BCUT2D eigenvalue weighted by Crippen LogP contribution is -2.48. The topological polar surface area (TPSA) is 62.6 Å². The first-order chi connectivity index (χ1) is 11.0. The summed E-state index contributed by atoms with van der Waals surface area (Å²) in [5.41, 5.74) is 0.803. The second kappa shape index (κ2) is 6.35. The Morgan fingerprint density at radius 1 is 1.09 bits per heavy atom. The van der Waals surface area contributed by atoms with Crippen LogP contribution in [0.1, 0.15) is 13.8 Å². The van der Waals surface area contributed by atoms with E-state index in [4.69, 9.17) is 0 Å². The van der Waals surface area contributed by atoms with Crippen molar-refractivity contribution in [1.82, 2.24) is 13.8 Å². The lowest BCUT2D eigenvalue weighted by Gasteiger charge is -2.33. The van der Waals surface area contributed by atoms with Crippen molar-refractivity contribution in [3.05, 3.63) is 27.9 Å². The number of sulfonamides is 1.